The van der Waals surface area contributed by atoms with E-state index in [0.717, 1.165) is 0 Å². The first kappa shape index (κ1) is 28.0. The van der Waals surface area contributed by atoms with Gasteiger partial charge in [-0.15, -0.1) is 0 Å². The maximum Gasteiger partial charge on any atom is 0.316 e. The fourth-order valence-corrected chi connectivity index (χ4v) is 0. The second-order valence-corrected chi connectivity index (χ2v) is 0. The first-order valence-corrected chi connectivity index (χ1v) is 0. The second-order valence-electron chi connectivity index (χ2n) is 0. The van der Waals surface area contributed by atoms with Crippen LogP contribution in [0.1, 0.15) is 0 Å². The van der Waals surface area contributed by atoms with Gasteiger partial charge in [-0.05, 0) is 0 Å². The zero-order valence-corrected chi connectivity index (χ0v) is 5.58. The first-order chi connectivity index (χ1) is 0. The summed E-state index contributed by atoms with van der Waals surface area (Å²) in [6, 6.07) is 0. The molecule has 0 saturated heterocycles. The van der Waals surface area contributed by atoms with Gasteiger partial charge in [0.1, 0.15) is 0 Å². The van der Waals surface area contributed by atoms with Crippen molar-refractivity contribution >= 4 is 40.4 Å². The molecule has 4 heteroatoms. The Morgan fingerprint density at radius 1 is 1.00 bits per heavy atom. The van der Waals surface area contributed by atoms with Crippen molar-refractivity contribution in [3.63, 3.8) is 0 Å². The maximum absolute atomic E-state index is 0. The summed E-state index contributed by atoms with van der Waals surface area (Å²) < 4.78 is 0. The minimum Gasteiger partial charge on any atom is 0 e. The Balaban J connectivity index is 0. The van der Waals surface area contributed by atoms with E-state index in [0.29, 0.717) is 0 Å². The average molecular weight is 254 g/mol. The molecule has 0 amide bonds. The molecule has 0 spiro atoms. The smallest absolute Gasteiger partial charge is 0 e. The zero-order valence-electron chi connectivity index (χ0n) is 0.911. The van der Waals surface area contributed by atoms with E-state index < -0.39 is 0 Å². The van der Waals surface area contributed by atoms with Gasteiger partial charge in [0, 0.05) is 52.4 Å². The van der Waals surface area contributed by atoms with Gasteiger partial charge in [0.05, 0.1) is 0 Å². The third-order valence-corrected chi connectivity index (χ3v) is 0. The van der Waals surface area contributed by atoms with Crippen LogP contribution in [0.15, 0.2) is 0 Å². The van der Waals surface area contributed by atoms with E-state index in [1.54, 1.807) is 0 Å². The Morgan fingerprint density at radius 2 is 1.00 bits per heavy atom. The SMILES string of the molecule is [AlH3].[Co].[La].[MgH2]. The van der Waals surface area contributed by atoms with Gasteiger partial charge in [-0.25, -0.2) is 0 Å². The van der Waals surface area contributed by atoms with Gasteiger partial charge in [0.25, 0.3) is 0 Å². The minimum absolute atomic E-state index is 0. The summed E-state index contributed by atoms with van der Waals surface area (Å²) in [5.41, 5.74) is 0. The van der Waals surface area contributed by atoms with Crippen LogP contribution in [0.4, 0.5) is 0 Å². The van der Waals surface area contributed by atoms with Crippen LogP contribution in [-0.2, 0) is 16.8 Å². The van der Waals surface area contributed by atoms with Crippen molar-refractivity contribution in [3.8, 4) is 0 Å². The molecule has 0 aromatic heterocycles. The van der Waals surface area contributed by atoms with Gasteiger partial charge in [0.2, 0.25) is 0 Å². The third-order valence-electron chi connectivity index (χ3n) is 0. The second kappa shape index (κ2) is 16.7. The van der Waals surface area contributed by atoms with E-state index in [2.05, 4.69) is 0 Å². The van der Waals surface area contributed by atoms with Crippen LogP contribution in [-0.4, -0.2) is 40.4 Å². The molecule has 0 saturated carbocycles. The van der Waals surface area contributed by atoms with Gasteiger partial charge in [0.15, 0.2) is 17.4 Å². The van der Waals surface area contributed by atoms with E-state index in [9.17, 15) is 0 Å². The van der Waals surface area contributed by atoms with Crippen molar-refractivity contribution in [2.24, 2.45) is 0 Å². The molecule has 0 aromatic carbocycles. The monoisotopic (exact) mass is 254 g/mol. The van der Waals surface area contributed by atoms with E-state index in [1.807, 2.05) is 0 Å². The van der Waals surface area contributed by atoms with Crippen LogP contribution in [0.25, 0.3) is 0 Å². The van der Waals surface area contributed by atoms with Crippen LogP contribution in [0.2, 0.25) is 0 Å². The zero-order chi connectivity index (χ0) is 0. The molecule has 0 aliphatic rings. The number of hydrogen-bond acceptors (Lipinski definition) is 0. The molecule has 22 valence electrons. The van der Waals surface area contributed by atoms with Crippen LogP contribution >= 0.6 is 0 Å². The third kappa shape index (κ3) is 8.89. The molecule has 0 heterocycles. The maximum atomic E-state index is 0. The van der Waals surface area contributed by atoms with E-state index in [1.165, 1.54) is 0 Å². The summed E-state index contributed by atoms with van der Waals surface area (Å²) in [6.07, 6.45) is 0. The van der Waals surface area contributed by atoms with Gasteiger partial charge >= 0.3 is 23.1 Å². The van der Waals surface area contributed by atoms with Crippen molar-refractivity contribution in [2.45, 2.75) is 0 Å². The molecule has 0 N–H and O–H groups in total. The standard InChI is InChI=1S/Al.Co.La.Mg.5H. The molecular weight excluding hydrogens is 249 g/mol. The summed E-state index contributed by atoms with van der Waals surface area (Å²) in [5, 5.41) is 0. The van der Waals surface area contributed by atoms with Crippen molar-refractivity contribution in [1.82, 2.24) is 0 Å². The molecule has 0 nitrogen and oxygen atoms in total. The molecule has 0 aliphatic carbocycles. The molecule has 2 radical (unpaired) electrons. The van der Waals surface area contributed by atoms with Gasteiger partial charge in [-0.1, -0.05) is 0 Å². The topological polar surface area (TPSA) is 0 Å². The molecule has 0 aliphatic heterocycles. The Bertz CT molecular complexity index is 8.00. The number of hydrogen-bond donors (Lipinski definition) is 0. The van der Waals surface area contributed by atoms with Gasteiger partial charge in [-0.3, -0.25) is 0 Å². The minimum atomic E-state index is 0. The molecule has 0 fully saturated rings. The van der Waals surface area contributed by atoms with Crippen molar-refractivity contribution in [1.29, 1.82) is 0 Å². The molecule has 0 aromatic rings. The summed E-state index contributed by atoms with van der Waals surface area (Å²) >= 11 is 0. The fraction of sp³-hybridized carbons (Fsp3) is 0. The van der Waals surface area contributed by atoms with Crippen molar-refractivity contribution < 1.29 is 52.4 Å². The molecule has 0 atom stereocenters. The predicted molar refractivity (Wildman–Crippen MR) is 18.5 cm³/mol. The van der Waals surface area contributed by atoms with Crippen molar-refractivity contribution in [3.05, 3.63) is 0 Å². The Kier molecular flexibility index (Phi) is 117. The van der Waals surface area contributed by atoms with Crippen molar-refractivity contribution in [2.75, 3.05) is 0 Å². The van der Waals surface area contributed by atoms with Crippen LogP contribution in [0, 0.1) is 35.6 Å². The van der Waals surface area contributed by atoms with Crippen LogP contribution in [0.3, 0.4) is 0 Å². The van der Waals surface area contributed by atoms with E-state index in [-0.39, 0.29) is 92.8 Å². The predicted octanol–water partition coefficient (Wildman–Crippen LogP) is -2.10. The first-order valence-electron chi connectivity index (χ1n) is 0. The molecular formula is H5AlCoLaMg. The van der Waals surface area contributed by atoms with Gasteiger partial charge in [-0.2, -0.15) is 0 Å². The summed E-state index contributed by atoms with van der Waals surface area (Å²) in [6.45, 7) is 0. The van der Waals surface area contributed by atoms with E-state index in [4.69, 9.17) is 0 Å². The van der Waals surface area contributed by atoms with Gasteiger partial charge < -0.3 is 0 Å². The summed E-state index contributed by atoms with van der Waals surface area (Å²) in [5.74, 6) is 0. The Morgan fingerprint density at radius 3 is 1.00 bits per heavy atom. The molecule has 0 unspecified atom stereocenters. The molecule has 0 rings (SSSR count). The van der Waals surface area contributed by atoms with Crippen LogP contribution < -0.4 is 0 Å². The van der Waals surface area contributed by atoms with E-state index >= 15 is 0 Å². The number of rotatable bonds is 0. The average Bonchev–Trinajstić information content (AvgIpc) is 0. The summed E-state index contributed by atoms with van der Waals surface area (Å²) in [4.78, 5) is 0. The normalized spacial score (nSPS) is 0. The largest absolute Gasteiger partial charge is 0.316 e. The molecule has 0 bridgehead atoms. The Hall–Kier alpha value is 3.00. The fourth-order valence-electron chi connectivity index (χ4n) is 0. The van der Waals surface area contributed by atoms with Crippen LogP contribution in [0.5, 0.6) is 0 Å². The Labute approximate surface area is 90.9 Å². The summed E-state index contributed by atoms with van der Waals surface area (Å²) in [7, 11) is 0. The quantitative estimate of drug-likeness (QED) is 0.434. The molecule has 4 heavy (non-hydrogen) atoms.